The summed E-state index contributed by atoms with van der Waals surface area (Å²) >= 11 is 1.67. The zero-order valence-electron chi connectivity index (χ0n) is 11.5. The van der Waals surface area contributed by atoms with Crippen LogP contribution in [0.2, 0.25) is 0 Å². The number of hydrogen-bond donors (Lipinski definition) is 1. The highest BCUT2D eigenvalue weighted by atomic mass is 32.1. The lowest BCUT2D eigenvalue weighted by molar-refractivity contribution is 0.343. The molecule has 2 N–H and O–H groups in total. The monoisotopic (exact) mass is 288 g/mol. The Hall–Kier alpha value is -2.08. The van der Waals surface area contributed by atoms with Crippen molar-refractivity contribution in [2.75, 3.05) is 12.3 Å². The molecule has 2 aromatic heterocycles. The van der Waals surface area contributed by atoms with Crippen LogP contribution in [0.25, 0.3) is 11.0 Å². The fourth-order valence-electron chi connectivity index (χ4n) is 2.21. The van der Waals surface area contributed by atoms with Gasteiger partial charge >= 0.3 is 0 Å². The van der Waals surface area contributed by atoms with Gasteiger partial charge in [0.25, 0.3) is 0 Å². The minimum Gasteiger partial charge on any atom is -0.492 e. The summed E-state index contributed by atoms with van der Waals surface area (Å²) in [4.78, 5) is 9.87. The van der Waals surface area contributed by atoms with E-state index in [4.69, 9.17) is 10.5 Å². The number of aryl methyl sites for hydroxylation is 1. The molecule has 5 nitrogen and oxygen atoms in total. The molecular weight excluding hydrogens is 272 g/mol. The molecule has 0 saturated carbocycles. The number of para-hydroxylation sites is 1. The van der Waals surface area contributed by atoms with Gasteiger partial charge in [0.05, 0.1) is 23.7 Å². The Balaban J connectivity index is 2.06. The quantitative estimate of drug-likeness (QED) is 0.801. The van der Waals surface area contributed by atoms with E-state index in [9.17, 15) is 0 Å². The topological polar surface area (TPSA) is 66.0 Å². The molecule has 3 aromatic rings. The van der Waals surface area contributed by atoms with Crippen molar-refractivity contribution in [3.05, 3.63) is 34.3 Å². The summed E-state index contributed by atoms with van der Waals surface area (Å²) in [6.07, 6.45) is 1.89. The van der Waals surface area contributed by atoms with Crippen molar-refractivity contribution in [1.29, 1.82) is 0 Å². The number of imidazole rings is 1. The van der Waals surface area contributed by atoms with Gasteiger partial charge in [-0.15, -0.1) is 11.3 Å². The summed E-state index contributed by atoms with van der Waals surface area (Å²) in [5.74, 6) is 1.27. The van der Waals surface area contributed by atoms with Gasteiger partial charge in [-0.2, -0.15) is 0 Å². The Morgan fingerprint density at radius 3 is 2.95 bits per heavy atom. The number of ether oxygens (including phenoxy) is 1. The third kappa shape index (κ3) is 2.22. The average molecular weight is 288 g/mol. The second-order valence-corrected chi connectivity index (χ2v) is 5.78. The third-order valence-corrected chi connectivity index (χ3v) is 3.95. The van der Waals surface area contributed by atoms with Gasteiger partial charge < -0.3 is 15.0 Å². The maximum absolute atomic E-state index is 6.05. The lowest BCUT2D eigenvalue weighted by Gasteiger charge is -2.05. The number of nitrogens with zero attached hydrogens (tertiary/aromatic N) is 3. The second kappa shape index (κ2) is 5.13. The molecule has 0 radical (unpaired) electrons. The van der Waals surface area contributed by atoms with E-state index in [0.29, 0.717) is 19.1 Å². The number of rotatable bonds is 4. The predicted molar refractivity (Wildman–Crippen MR) is 81.3 cm³/mol. The molecule has 0 saturated heterocycles. The molecule has 0 amide bonds. The highest BCUT2D eigenvalue weighted by molar-refractivity contribution is 7.11. The molecule has 0 bridgehead atoms. The minimum atomic E-state index is 0.498. The Morgan fingerprint density at radius 2 is 2.25 bits per heavy atom. The molecular formula is C14H16N4OS. The van der Waals surface area contributed by atoms with Gasteiger partial charge in [-0.3, -0.25) is 0 Å². The smallest absolute Gasteiger partial charge is 0.201 e. The molecule has 104 valence electrons. The summed E-state index contributed by atoms with van der Waals surface area (Å²) in [5.41, 5.74) is 7.85. The highest BCUT2D eigenvalue weighted by Gasteiger charge is 2.13. The van der Waals surface area contributed by atoms with Gasteiger partial charge in [0, 0.05) is 11.1 Å². The molecule has 6 heteroatoms. The van der Waals surface area contributed by atoms with Crippen LogP contribution in [0.4, 0.5) is 5.95 Å². The van der Waals surface area contributed by atoms with E-state index in [1.807, 2.05) is 42.8 Å². The lowest BCUT2D eigenvalue weighted by atomic mass is 10.3. The molecule has 20 heavy (non-hydrogen) atoms. The predicted octanol–water partition coefficient (Wildman–Crippen LogP) is 2.83. The van der Waals surface area contributed by atoms with Crippen LogP contribution in [0.3, 0.4) is 0 Å². The first-order chi connectivity index (χ1) is 9.69. The fraction of sp³-hybridized carbons (Fsp3) is 0.286. The molecule has 1 aromatic carbocycles. The van der Waals surface area contributed by atoms with E-state index in [1.54, 1.807) is 11.3 Å². The summed E-state index contributed by atoms with van der Waals surface area (Å²) < 4.78 is 7.59. The zero-order chi connectivity index (χ0) is 14.1. The largest absolute Gasteiger partial charge is 0.492 e. The Morgan fingerprint density at radius 1 is 1.40 bits per heavy atom. The summed E-state index contributed by atoms with van der Waals surface area (Å²) in [6, 6.07) is 5.89. The van der Waals surface area contributed by atoms with Crippen LogP contribution in [0.5, 0.6) is 5.75 Å². The summed E-state index contributed by atoms with van der Waals surface area (Å²) in [7, 11) is 0. The Kier molecular flexibility index (Phi) is 3.31. The maximum atomic E-state index is 6.05. The third-order valence-electron chi connectivity index (χ3n) is 3.05. The van der Waals surface area contributed by atoms with Gasteiger partial charge in [-0.25, -0.2) is 9.97 Å². The molecule has 0 aliphatic heterocycles. The minimum absolute atomic E-state index is 0.498. The average Bonchev–Trinajstić information content (AvgIpc) is 2.97. The Bertz CT molecular complexity index is 747. The van der Waals surface area contributed by atoms with Crippen molar-refractivity contribution < 1.29 is 4.74 Å². The SMILES string of the molecule is CCOc1cccc2c1nc(N)n2Cc1cnc(C)s1. The number of fused-ring (bicyclic) bond motifs is 1. The van der Waals surface area contributed by atoms with Crippen LogP contribution in [0.1, 0.15) is 16.8 Å². The summed E-state index contributed by atoms with van der Waals surface area (Å²) in [5, 5.41) is 1.05. The summed E-state index contributed by atoms with van der Waals surface area (Å²) in [6.45, 7) is 5.25. The molecule has 3 rings (SSSR count). The standard InChI is InChI=1S/C14H16N4OS/c1-3-19-12-6-4-5-11-13(12)17-14(15)18(11)8-10-7-16-9(2)20-10/h4-7H,3,8H2,1-2H3,(H2,15,17). The first kappa shape index (κ1) is 12.9. The first-order valence-electron chi connectivity index (χ1n) is 6.48. The van der Waals surface area contributed by atoms with Crippen molar-refractivity contribution in [2.24, 2.45) is 0 Å². The first-order valence-corrected chi connectivity index (χ1v) is 7.29. The molecule has 0 fully saturated rings. The van der Waals surface area contributed by atoms with E-state index in [0.717, 1.165) is 26.7 Å². The van der Waals surface area contributed by atoms with Crippen molar-refractivity contribution >= 4 is 28.3 Å². The number of nitrogen functional groups attached to an aromatic ring is 1. The van der Waals surface area contributed by atoms with Gasteiger partial charge in [-0.05, 0) is 26.0 Å². The normalized spacial score (nSPS) is 11.1. The molecule has 0 aliphatic carbocycles. The van der Waals surface area contributed by atoms with Crippen LogP contribution in [-0.2, 0) is 6.54 Å². The molecule has 0 aliphatic rings. The van der Waals surface area contributed by atoms with Gasteiger partial charge in [-0.1, -0.05) is 6.07 Å². The highest BCUT2D eigenvalue weighted by Crippen LogP contribution is 2.28. The zero-order valence-corrected chi connectivity index (χ0v) is 12.3. The molecule has 0 atom stereocenters. The lowest BCUT2D eigenvalue weighted by Crippen LogP contribution is -2.03. The number of hydrogen-bond acceptors (Lipinski definition) is 5. The van der Waals surface area contributed by atoms with Crippen molar-refractivity contribution in [2.45, 2.75) is 20.4 Å². The second-order valence-electron chi connectivity index (χ2n) is 4.46. The van der Waals surface area contributed by atoms with Crippen LogP contribution >= 0.6 is 11.3 Å². The van der Waals surface area contributed by atoms with E-state index in [1.165, 1.54) is 0 Å². The molecule has 2 heterocycles. The molecule has 0 spiro atoms. The van der Waals surface area contributed by atoms with E-state index >= 15 is 0 Å². The van der Waals surface area contributed by atoms with Gasteiger partial charge in [0.2, 0.25) is 5.95 Å². The maximum Gasteiger partial charge on any atom is 0.201 e. The van der Waals surface area contributed by atoms with E-state index in [2.05, 4.69) is 9.97 Å². The van der Waals surface area contributed by atoms with Crippen molar-refractivity contribution in [1.82, 2.24) is 14.5 Å². The number of thiazole rings is 1. The van der Waals surface area contributed by atoms with Crippen LogP contribution in [-0.4, -0.2) is 21.1 Å². The van der Waals surface area contributed by atoms with Gasteiger partial charge in [0.1, 0.15) is 11.3 Å². The number of benzene rings is 1. The Labute approximate surface area is 121 Å². The molecule has 0 unspecified atom stereocenters. The van der Waals surface area contributed by atoms with Crippen molar-refractivity contribution in [3.63, 3.8) is 0 Å². The number of anilines is 1. The van der Waals surface area contributed by atoms with Crippen LogP contribution in [0, 0.1) is 6.92 Å². The van der Waals surface area contributed by atoms with Crippen LogP contribution in [0.15, 0.2) is 24.4 Å². The fourth-order valence-corrected chi connectivity index (χ4v) is 3.00. The van der Waals surface area contributed by atoms with Crippen molar-refractivity contribution in [3.8, 4) is 5.75 Å². The van der Waals surface area contributed by atoms with E-state index < -0.39 is 0 Å². The van der Waals surface area contributed by atoms with E-state index in [-0.39, 0.29) is 0 Å². The van der Waals surface area contributed by atoms with Gasteiger partial charge in [0.15, 0.2) is 0 Å². The van der Waals surface area contributed by atoms with Crippen LogP contribution < -0.4 is 10.5 Å². The number of nitrogens with two attached hydrogens (primary N) is 1. The number of aromatic nitrogens is 3.